The molecule has 1 heteroatoms. The van der Waals surface area contributed by atoms with E-state index in [-0.39, 0.29) is 0 Å². The normalized spacial score (nSPS) is 10.8. The molecule has 0 heterocycles. The molecule has 204 valence electrons. The van der Waals surface area contributed by atoms with Crippen LogP contribution < -0.4 is 4.90 Å². The molecule has 7 rings (SSSR count). The zero-order valence-corrected chi connectivity index (χ0v) is 23.8. The van der Waals surface area contributed by atoms with Crippen LogP contribution in [0.5, 0.6) is 0 Å². The zero-order valence-electron chi connectivity index (χ0n) is 23.8. The molecule has 0 atom stereocenters. The Bertz CT molecular complexity index is 1930. The lowest BCUT2D eigenvalue weighted by Gasteiger charge is -2.27. The van der Waals surface area contributed by atoms with Crippen LogP contribution in [-0.2, 0) is 0 Å². The summed E-state index contributed by atoms with van der Waals surface area (Å²) in [7, 11) is 0. The first-order valence-electron chi connectivity index (χ1n) is 14.7. The number of nitrogens with zero attached hydrogens (tertiary/aromatic N) is 1. The summed E-state index contributed by atoms with van der Waals surface area (Å²) in [5.41, 5.74) is 13.0. The molecule has 0 aliphatic carbocycles. The first kappa shape index (κ1) is 26.3. The van der Waals surface area contributed by atoms with Crippen molar-refractivity contribution >= 4 is 17.1 Å². The Hall–Kier alpha value is -5.66. The van der Waals surface area contributed by atoms with Crippen molar-refractivity contribution in [2.75, 3.05) is 4.90 Å². The van der Waals surface area contributed by atoms with Crippen molar-refractivity contribution in [2.45, 2.75) is 0 Å². The molecule has 0 saturated heterocycles. The SMILES string of the molecule is c1ccc(-c2ccc(N(c3ccccc3)c3ccc(-c4cccc(-c5ccccc5)c4)c(-c4ccccc4)c3)cc2)cc1. The molecular weight excluding hydrogens is 518 g/mol. The number of hydrogen-bond donors (Lipinski definition) is 0. The summed E-state index contributed by atoms with van der Waals surface area (Å²) in [4.78, 5) is 2.34. The smallest absolute Gasteiger partial charge is 0.0468 e. The van der Waals surface area contributed by atoms with Gasteiger partial charge in [0.15, 0.2) is 0 Å². The van der Waals surface area contributed by atoms with Crippen molar-refractivity contribution in [3.63, 3.8) is 0 Å². The second-order valence-corrected chi connectivity index (χ2v) is 10.6. The van der Waals surface area contributed by atoms with E-state index in [2.05, 4.69) is 193 Å². The topological polar surface area (TPSA) is 3.24 Å². The van der Waals surface area contributed by atoms with Gasteiger partial charge in [-0.05, 0) is 87.0 Å². The highest BCUT2D eigenvalue weighted by Gasteiger charge is 2.16. The fraction of sp³-hybridized carbons (Fsp3) is 0. The Kier molecular flexibility index (Phi) is 7.36. The number of anilines is 3. The van der Waals surface area contributed by atoms with Crippen molar-refractivity contribution in [3.05, 3.63) is 188 Å². The van der Waals surface area contributed by atoms with Crippen LogP contribution in [0.2, 0.25) is 0 Å². The van der Waals surface area contributed by atoms with Gasteiger partial charge in [0, 0.05) is 17.1 Å². The standard InChI is InChI=1S/C42H31N/c1-5-14-32(15-6-1)34-24-26-39(27-25-34)43(38-22-11-4-12-23-38)40-28-29-41(42(31-40)35-18-9-3-10-19-35)37-21-13-20-36(30-37)33-16-7-2-8-17-33/h1-31H. The van der Waals surface area contributed by atoms with E-state index in [1.54, 1.807) is 0 Å². The summed E-state index contributed by atoms with van der Waals surface area (Å²) in [6.07, 6.45) is 0. The van der Waals surface area contributed by atoms with E-state index in [9.17, 15) is 0 Å². The molecule has 0 bridgehead atoms. The van der Waals surface area contributed by atoms with Crippen molar-refractivity contribution in [2.24, 2.45) is 0 Å². The minimum Gasteiger partial charge on any atom is -0.310 e. The first-order chi connectivity index (χ1) is 21.3. The van der Waals surface area contributed by atoms with Crippen LogP contribution in [0, 0.1) is 0 Å². The summed E-state index contributed by atoms with van der Waals surface area (Å²) < 4.78 is 0. The van der Waals surface area contributed by atoms with Crippen LogP contribution >= 0.6 is 0 Å². The molecule has 0 aliphatic rings. The Morgan fingerprint density at radius 2 is 0.674 bits per heavy atom. The second-order valence-electron chi connectivity index (χ2n) is 10.6. The van der Waals surface area contributed by atoms with E-state index in [0.717, 1.165) is 17.1 Å². The predicted molar refractivity (Wildman–Crippen MR) is 183 cm³/mol. The van der Waals surface area contributed by atoms with Crippen molar-refractivity contribution in [1.82, 2.24) is 0 Å². The molecule has 0 amide bonds. The lowest BCUT2D eigenvalue weighted by molar-refractivity contribution is 1.28. The number of para-hydroxylation sites is 1. The van der Waals surface area contributed by atoms with Crippen LogP contribution in [0.15, 0.2) is 188 Å². The summed E-state index contributed by atoms with van der Waals surface area (Å²) >= 11 is 0. The molecule has 7 aromatic carbocycles. The van der Waals surface area contributed by atoms with Crippen molar-refractivity contribution in [3.8, 4) is 44.5 Å². The van der Waals surface area contributed by atoms with E-state index in [0.29, 0.717) is 0 Å². The van der Waals surface area contributed by atoms with Crippen LogP contribution in [0.25, 0.3) is 44.5 Å². The third kappa shape index (κ3) is 5.62. The zero-order chi connectivity index (χ0) is 28.8. The van der Waals surface area contributed by atoms with Gasteiger partial charge in [-0.3, -0.25) is 0 Å². The molecular formula is C42H31N. The van der Waals surface area contributed by atoms with Gasteiger partial charge in [-0.1, -0.05) is 146 Å². The average molecular weight is 550 g/mol. The minimum absolute atomic E-state index is 1.11. The van der Waals surface area contributed by atoms with Crippen LogP contribution in [0.4, 0.5) is 17.1 Å². The third-order valence-corrected chi connectivity index (χ3v) is 7.87. The quantitative estimate of drug-likeness (QED) is 0.191. The fourth-order valence-electron chi connectivity index (χ4n) is 5.73. The molecule has 0 aliphatic heterocycles. The second kappa shape index (κ2) is 12.1. The fourth-order valence-corrected chi connectivity index (χ4v) is 5.73. The highest BCUT2D eigenvalue weighted by molar-refractivity contribution is 5.90. The van der Waals surface area contributed by atoms with Gasteiger partial charge in [-0.15, -0.1) is 0 Å². The largest absolute Gasteiger partial charge is 0.310 e. The highest BCUT2D eigenvalue weighted by Crippen LogP contribution is 2.41. The molecule has 0 saturated carbocycles. The van der Waals surface area contributed by atoms with Crippen molar-refractivity contribution in [1.29, 1.82) is 0 Å². The average Bonchev–Trinajstić information content (AvgIpc) is 3.10. The van der Waals surface area contributed by atoms with Crippen LogP contribution in [0.1, 0.15) is 0 Å². The summed E-state index contributed by atoms with van der Waals surface area (Å²) in [5, 5.41) is 0. The molecule has 1 nitrogen and oxygen atoms in total. The molecule has 0 unspecified atom stereocenters. The monoisotopic (exact) mass is 549 g/mol. The lowest BCUT2D eigenvalue weighted by atomic mass is 9.92. The van der Waals surface area contributed by atoms with Crippen molar-refractivity contribution < 1.29 is 0 Å². The van der Waals surface area contributed by atoms with Gasteiger partial charge in [0.25, 0.3) is 0 Å². The van der Waals surface area contributed by atoms with E-state index >= 15 is 0 Å². The summed E-state index contributed by atoms with van der Waals surface area (Å²) in [5.74, 6) is 0. The predicted octanol–water partition coefficient (Wildman–Crippen LogP) is 11.8. The summed E-state index contributed by atoms with van der Waals surface area (Å²) in [6.45, 7) is 0. The molecule has 0 radical (unpaired) electrons. The maximum atomic E-state index is 2.34. The molecule has 0 N–H and O–H groups in total. The third-order valence-electron chi connectivity index (χ3n) is 7.87. The van der Waals surface area contributed by atoms with Gasteiger partial charge in [-0.2, -0.15) is 0 Å². The molecule has 0 fully saturated rings. The van der Waals surface area contributed by atoms with Crippen LogP contribution in [0.3, 0.4) is 0 Å². The van der Waals surface area contributed by atoms with E-state index in [4.69, 9.17) is 0 Å². The maximum Gasteiger partial charge on any atom is 0.0468 e. The Labute approximate surface area is 254 Å². The highest BCUT2D eigenvalue weighted by atomic mass is 15.1. The van der Waals surface area contributed by atoms with Gasteiger partial charge >= 0.3 is 0 Å². The molecule has 0 aromatic heterocycles. The molecule has 43 heavy (non-hydrogen) atoms. The lowest BCUT2D eigenvalue weighted by Crippen LogP contribution is -2.10. The number of rotatable bonds is 7. The van der Waals surface area contributed by atoms with Gasteiger partial charge in [0.05, 0.1) is 0 Å². The number of benzene rings is 7. The van der Waals surface area contributed by atoms with Crippen LogP contribution in [-0.4, -0.2) is 0 Å². The minimum atomic E-state index is 1.11. The van der Waals surface area contributed by atoms with E-state index < -0.39 is 0 Å². The van der Waals surface area contributed by atoms with Gasteiger partial charge < -0.3 is 4.90 Å². The molecule has 7 aromatic rings. The summed E-state index contributed by atoms with van der Waals surface area (Å²) in [6, 6.07) is 67.0. The van der Waals surface area contributed by atoms with E-state index in [1.807, 2.05) is 0 Å². The Morgan fingerprint density at radius 3 is 1.30 bits per heavy atom. The number of hydrogen-bond acceptors (Lipinski definition) is 1. The Morgan fingerprint density at radius 1 is 0.233 bits per heavy atom. The first-order valence-corrected chi connectivity index (χ1v) is 14.7. The Balaban J connectivity index is 1.36. The van der Waals surface area contributed by atoms with E-state index in [1.165, 1.54) is 44.5 Å². The van der Waals surface area contributed by atoms with Gasteiger partial charge in [-0.25, -0.2) is 0 Å². The van der Waals surface area contributed by atoms with Gasteiger partial charge in [0.1, 0.15) is 0 Å². The molecule has 0 spiro atoms. The maximum absolute atomic E-state index is 2.34. The van der Waals surface area contributed by atoms with Gasteiger partial charge in [0.2, 0.25) is 0 Å².